The summed E-state index contributed by atoms with van der Waals surface area (Å²) in [5.74, 6) is 0. The number of benzene rings is 9. The fourth-order valence-electron chi connectivity index (χ4n) is 9.51. The summed E-state index contributed by atoms with van der Waals surface area (Å²) in [6.07, 6.45) is 0. The second-order valence-corrected chi connectivity index (χ2v) is 15.2. The molecule has 0 radical (unpaired) electrons. The van der Waals surface area contributed by atoms with Crippen LogP contribution in [0.25, 0.3) is 110 Å². The molecule has 248 valence electrons. The lowest BCUT2D eigenvalue weighted by Crippen LogP contribution is -2.14. The van der Waals surface area contributed by atoms with Gasteiger partial charge in [0.15, 0.2) is 0 Å². The number of rotatable bonds is 2. The summed E-state index contributed by atoms with van der Waals surface area (Å²) in [6.45, 7) is 4.72. The predicted octanol–water partition coefficient (Wildman–Crippen LogP) is 14.6. The van der Waals surface area contributed by atoms with E-state index in [9.17, 15) is 0 Å². The number of hydrogen-bond acceptors (Lipinski definition) is 2. The molecule has 53 heavy (non-hydrogen) atoms. The van der Waals surface area contributed by atoms with Crippen molar-refractivity contribution >= 4 is 76.2 Å². The Morgan fingerprint density at radius 1 is 0.340 bits per heavy atom. The standard InChI is InChI=1S/C51H32O2/c1-51(2)43-17-9-7-11-33(43)34-21-19-30(26-44(34)51)50-38-15-5-3-13-36(38)49(37-14-4-6-16-39(37)50)29-20-22-46-41(23-29)42-25-32-27-47-40(24-31(32)28-48(42)53-46)35-12-8-10-18-45(35)52-47/h3-28H,1-2H3. The first kappa shape index (κ1) is 29.0. The number of fused-ring (bicyclic) bond motifs is 12. The molecule has 0 fully saturated rings. The SMILES string of the molecule is CC1(C)c2ccccc2-c2ccc(-c3c4ccccc4c(-c4ccc5oc6cc7cc8c(cc7cc6c5c4)oc4ccccc48)c4ccccc34)cc21. The largest absolute Gasteiger partial charge is 0.456 e. The highest BCUT2D eigenvalue weighted by Crippen LogP contribution is 2.51. The van der Waals surface area contributed by atoms with Gasteiger partial charge in [0.05, 0.1) is 0 Å². The van der Waals surface area contributed by atoms with E-state index in [1.807, 2.05) is 12.1 Å². The molecule has 12 rings (SSSR count). The monoisotopic (exact) mass is 676 g/mol. The van der Waals surface area contributed by atoms with Crippen LogP contribution in [0.2, 0.25) is 0 Å². The highest BCUT2D eigenvalue weighted by atomic mass is 16.3. The molecule has 0 saturated heterocycles. The van der Waals surface area contributed by atoms with Gasteiger partial charge in [0.25, 0.3) is 0 Å². The van der Waals surface area contributed by atoms with Gasteiger partial charge in [0, 0.05) is 27.0 Å². The summed E-state index contributed by atoms with van der Waals surface area (Å²) < 4.78 is 12.8. The average molecular weight is 677 g/mol. The number of furan rings is 2. The third-order valence-electron chi connectivity index (χ3n) is 12.0. The van der Waals surface area contributed by atoms with Crippen LogP contribution in [0.4, 0.5) is 0 Å². The maximum atomic E-state index is 6.54. The van der Waals surface area contributed by atoms with Crippen LogP contribution in [0.15, 0.2) is 167 Å². The van der Waals surface area contributed by atoms with Gasteiger partial charge in [-0.05, 0) is 125 Å². The van der Waals surface area contributed by atoms with Crippen molar-refractivity contribution in [3.05, 3.63) is 169 Å². The zero-order valence-corrected chi connectivity index (χ0v) is 29.3. The first-order chi connectivity index (χ1) is 26.0. The maximum absolute atomic E-state index is 6.54. The van der Waals surface area contributed by atoms with Crippen LogP contribution in [0, 0.1) is 0 Å². The van der Waals surface area contributed by atoms with Crippen molar-refractivity contribution in [3.8, 4) is 33.4 Å². The molecule has 0 atom stereocenters. The molecule has 2 heterocycles. The van der Waals surface area contributed by atoms with Crippen LogP contribution >= 0.6 is 0 Å². The third-order valence-corrected chi connectivity index (χ3v) is 12.0. The van der Waals surface area contributed by atoms with Crippen molar-refractivity contribution in [1.82, 2.24) is 0 Å². The fraction of sp³-hybridized carbons (Fsp3) is 0.0588. The van der Waals surface area contributed by atoms with Gasteiger partial charge in [-0.2, -0.15) is 0 Å². The van der Waals surface area contributed by atoms with E-state index in [1.54, 1.807) is 0 Å². The minimum absolute atomic E-state index is 0.0698. The van der Waals surface area contributed by atoms with Crippen LogP contribution in [0.1, 0.15) is 25.0 Å². The molecule has 1 aliphatic carbocycles. The van der Waals surface area contributed by atoms with Crippen molar-refractivity contribution in [2.24, 2.45) is 0 Å². The highest BCUT2D eigenvalue weighted by Gasteiger charge is 2.35. The minimum Gasteiger partial charge on any atom is -0.456 e. The van der Waals surface area contributed by atoms with Crippen molar-refractivity contribution in [2.45, 2.75) is 19.3 Å². The van der Waals surface area contributed by atoms with E-state index >= 15 is 0 Å². The Labute approximate surface area is 305 Å². The molecule has 0 aliphatic heterocycles. The van der Waals surface area contributed by atoms with Gasteiger partial charge < -0.3 is 8.83 Å². The smallest absolute Gasteiger partial charge is 0.136 e. The van der Waals surface area contributed by atoms with E-state index in [-0.39, 0.29) is 5.41 Å². The first-order valence-corrected chi connectivity index (χ1v) is 18.4. The molecule has 11 aromatic rings. The molecule has 0 amide bonds. The summed E-state index contributed by atoms with van der Waals surface area (Å²) >= 11 is 0. The van der Waals surface area contributed by atoms with Crippen molar-refractivity contribution in [2.75, 3.05) is 0 Å². The van der Waals surface area contributed by atoms with Crippen LogP contribution in [-0.2, 0) is 5.41 Å². The Hall–Kier alpha value is -6.64. The molecular weight excluding hydrogens is 645 g/mol. The average Bonchev–Trinajstić information content (AvgIpc) is 3.81. The summed E-state index contributed by atoms with van der Waals surface area (Å²) in [7, 11) is 0. The summed E-state index contributed by atoms with van der Waals surface area (Å²) in [5.41, 5.74) is 14.0. The molecule has 0 N–H and O–H groups in total. The normalized spacial score (nSPS) is 13.6. The molecule has 0 unspecified atom stereocenters. The van der Waals surface area contributed by atoms with E-state index in [1.165, 1.54) is 66.1 Å². The Kier molecular flexibility index (Phi) is 5.60. The first-order valence-electron chi connectivity index (χ1n) is 18.4. The predicted molar refractivity (Wildman–Crippen MR) is 222 cm³/mol. The van der Waals surface area contributed by atoms with E-state index < -0.39 is 0 Å². The zero-order valence-electron chi connectivity index (χ0n) is 29.3. The highest BCUT2D eigenvalue weighted by molar-refractivity contribution is 6.23. The van der Waals surface area contributed by atoms with Crippen LogP contribution in [0.5, 0.6) is 0 Å². The lowest BCUT2D eigenvalue weighted by Gasteiger charge is -2.23. The summed E-state index contributed by atoms with van der Waals surface area (Å²) in [5, 5.41) is 11.8. The second-order valence-electron chi connectivity index (χ2n) is 15.2. The zero-order chi connectivity index (χ0) is 35.0. The quantitative estimate of drug-likeness (QED) is 0.170. The summed E-state index contributed by atoms with van der Waals surface area (Å²) in [6, 6.07) is 57.7. The minimum atomic E-state index is -0.0698. The molecule has 0 saturated carbocycles. The van der Waals surface area contributed by atoms with Gasteiger partial charge in [0.2, 0.25) is 0 Å². The summed E-state index contributed by atoms with van der Waals surface area (Å²) in [4.78, 5) is 0. The van der Waals surface area contributed by atoms with Crippen LogP contribution < -0.4 is 0 Å². The molecule has 1 aliphatic rings. The van der Waals surface area contributed by atoms with Gasteiger partial charge in [-0.25, -0.2) is 0 Å². The van der Waals surface area contributed by atoms with E-state index in [2.05, 4.69) is 159 Å². The molecule has 2 nitrogen and oxygen atoms in total. The Morgan fingerprint density at radius 2 is 0.811 bits per heavy atom. The van der Waals surface area contributed by atoms with Crippen molar-refractivity contribution in [1.29, 1.82) is 0 Å². The maximum Gasteiger partial charge on any atom is 0.136 e. The van der Waals surface area contributed by atoms with Crippen molar-refractivity contribution < 1.29 is 8.83 Å². The van der Waals surface area contributed by atoms with Gasteiger partial charge in [-0.15, -0.1) is 0 Å². The lowest BCUT2D eigenvalue weighted by molar-refractivity contribution is 0.660. The molecule has 2 heteroatoms. The van der Waals surface area contributed by atoms with Gasteiger partial charge >= 0.3 is 0 Å². The van der Waals surface area contributed by atoms with E-state index in [4.69, 9.17) is 8.83 Å². The third kappa shape index (κ3) is 3.93. The molecular formula is C51H32O2. The van der Waals surface area contributed by atoms with Gasteiger partial charge in [0.1, 0.15) is 22.3 Å². The molecule has 9 aromatic carbocycles. The van der Waals surface area contributed by atoms with Crippen LogP contribution in [0.3, 0.4) is 0 Å². The number of para-hydroxylation sites is 1. The number of hydrogen-bond donors (Lipinski definition) is 0. The Morgan fingerprint density at radius 3 is 1.47 bits per heavy atom. The Balaban J connectivity index is 1.08. The molecule has 0 spiro atoms. The lowest BCUT2D eigenvalue weighted by atomic mass is 9.80. The van der Waals surface area contributed by atoms with Crippen LogP contribution in [-0.4, -0.2) is 0 Å². The Bertz CT molecular complexity index is 3310. The molecule has 2 aromatic heterocycles. The van der Waals surface area contributed by atoms with E-state index in [0.717, 1.165) is 54.6 Å². The van der Waals surface area contributed by atoms with Gasteiger partial charge in [-0.3, -0.25) is 0 Å². The van der Waals surface area contributed by atoms with E-state index in [0.29, 0.717) is 0 Å². The second kappa shape index (κ2) is 10.2. The topological polar surface area (TPSA) is 26.3 Å². The fourth-order valence-corrected chi connectivity index (χ4v) is 9.51. The molecule has 0 bridgehead atoms. The van der Waals surface area contributed by atoms with Crippen molar-refractivity contribution in [3.63, 3.8) is 0 Å². The van der Waals surface area contributed by atoms with Gasteiger partial charge in [-0.1, -0.05) is 123 Å².